The van der Waals surface area contributed by atoms with Gasteiger partial charge in [0.05, 0.1) is 23.2 Å². The van der Waals surface area contributed by atoms with Gasteiger partial charge in [-0.15, -0.1) is 0 Å². The van der Waals surface area contributed by atoms with E-state index in [-0.39, 0.29) is 12.3 Å². The number of rotatable bonds is 7. The summed E-state index contributed by atoms with van der Waals surface area (Å²) in [4.78, 5) is 25.9. The monoisotopic (exact) mass is 445 g/mol. The Balaban J connectivity index is 2.38. The number of carbonyl (C=O) groups is 2. The third-order valence-electron chi connectivity index (χ3n) is 4.54. The number of anilines is 2. The quantitative estimate of drug-likeness (QED) is 0.679. The molecule has 2 N–H and O–H groups in total. The van der Waals surface area contributed by atoms with Gasteiger partial charge in [0.1, 0.15) is 6.04 Å². The van der Waals surface area contributed by atoms with Crippen LogP contribution >= 0.6 is 0 Å². The van der Waals surface area contributed by atoms with Crippen molar-refractivity contribution in [1.29, 1.82) is 0 Å². The molecule has 168 valence electrons. The zero-order valence-corrected chi connectivity index (χ0v) is 19.7. The summed E-state index contributed by atoms with van der Waals surface area (Å²) in [7, 11) is -3.74. The number of hydrogen-bond acceptors (Lipinski definition) is 4. The molecule has 0 aliphatic rings. The molecule has 0 aliphatic carbocycles. The van der Waals surface area contributed by atoms with Gasteiger partial charge in [-0.05, 0) is 58.4 Å². The highest BCUT2D eigenvalue weighted by molar-refractivity contribution is 7.92. The summed E-state index contributed by atoms with van der Waals surface area (Å²) in [6.45, 7) is 9.24. The lowest BCUT2D eigenvalue weighted by Gasteiger charge is -2.30. The number of benzene rings is 2. The molecule has 1 atom stereocenters. The highest BCUT2D eigenvalue weighted by atomic mass is 32.2. The first-order valence-electron chi connectivity index (χ1n) is 10.1. The van der Waals surface area contributed by atoms with Crippen molar-refractivity contribution in [2.24, 2.45) is 0 Å². The van der Waals surface area contributed by atoms with Crippen LogP contribution in [-0.4, -0.2) is 38.1 Å². The first-order chi connectivity index (χ1) is 14.3. The minimum absolute atomic E-state index is 0.253. The number of amides is 2. The average Bonchev–Trinajstić information content (AvgIpc) is 2.65. The van der Waals surface area contributed by atoms with E-state index in [2.05, 4.69) is 10.6 Å². The Morgan fingerprint density at radius 3 is 2.13 bits per heavy atom. The summed E-state index contributed by atoms with van der Waals surface area (Å²) in [6.07, 6.45) is 1.33. The van der Waals surface area contributed by atoms with E-state index in [1.165, 1.54) is 0 Å². The molecule has 31 heavy (non-hydrogen) atoms. The Labute approximate surface area is 184 Å². The summed E-state index contributed by atoms with van der Waals surface area (Å²) in [6, 6.07) is 12.6. The van der Waals surface area contributed by atoms with Crippen molar-refractivity contribution in [2.45, 2.75) is 52.6 Å². The Morgan fingerprint density at radius 2 is 1.61 bits per heavy atom. The molecule has 0 fully saturated rings. The first kappa shape index (κ1) is 24.4. The van der Waals surface area contributed by atoms with Gasteiger partial charge in [0.25, 0.3) is 5.91 Å². The maximum Gasteiger partial charge on any atom is 0.253 e. The van der Waals surface area contributed by atoms with Crippen molar-refractivity contribution in [3.8, 4) is 0 Å². The zero-order valence-electron chi connectivity index (χ0n) is 18.9. The van der Waals surface area contributed by atoms with Crippen molar-refractivity contribution >= 4 is 33.2 Å². The Kier molecular flexibility index (Phi) is 7.49. The van der Waals surface area contributed by atoms with Crippen LogP contribution in [0.4, 0.5) is 11.4 Å². The topological polar surface area (TPSA) is 95.6 Å². The molecule has 0 spiro atoms. The smallest absolute Gasteiger partial charge is 0.253 e. The SMILES string of the molecule is CC[C@H](C(=O)Nc1ccccc1C(=O)NC(C)(C)C)N(c1ccc(C)cc1)S(C)(=O)=O. The maximum absolute atomic E-state index is 13.2. The highest BCUT2D eigenvalue weighted by Crippen LogP contribution is 2.24. The van der Waals surface area contributed by atoms with Crippen LogP contribution in [0, 0.1) is 6.92 Å². The number of sulfonamides is 1. The molecule has 0 heterocycles. The van der Waals surface area contributed by atoms with Gasteiger partial charge in [0.2, 0.25) is 15.9 Å². The molecule has 2 aromatic rings. The average molecular weight is 446 g/mol. The fourth-order valence-electron chi connectivity index (χ4n) is 3.17. The molecule has 0 saturated carbocycles. The van der Waals surface area contributed by atoms with Crippen molar-refractivity contribution in [2.75, 3.05) is 15.9 Å². The standard InChI is InChI=1S/C23H31N3O4S/c1-7-20(26(31(6,29)30)17-14-12-16(2)13-15-17)22(28)24-19-11-9-8-10-18(19)21(27)25-23(3,4)5/h8-15,20H,7H2,1-6H3,(H,24,28)(H,25,27)/t20-/m1/s1. The molecule has 0 aromatic heterocycles. The lowest BCUT2D eigenvalue weighted by atomic mass is 10.1. The van der Waals surface area contributed by atoms with Crippen LogP contribution in [0.15, 0.2) is 48.5 Å². The predicted molar refractivity (Wildman–Crippen MR) is 125 cm³/mol. The van der Waals surface area contributed by atoms with E-state index in [0.29, 0.717) is 16.9 Å². The van der Waals surface area contributed by atoms with Crippen molar-refractivity contribution in [1.82, 2.24) is 5.32 Å². The van der Waals surface area contributed by atoms with Crippen molar-refractivity contribution in [3.63, 3.8) is 0 Å². The molecule has 0 bridgehead atoms. The number of nitrogens with one attached hydrogen (secondary N) is 2. The normalized spacial score (nSPS) is 12.7. The van der Waals surface area contributed by atoms with Gasteiger partial charge in [0, 0.05) is 5.54 Å². The van der Waals surface area contributed by atoms with Crippen LogP contribution in [0.2, 0.25) is 0 Å². The molecule has 2 amide bonds. The lowest BCUT2D eigenvalue weighted by molar-refractivity contribution is -0.117. The van der Waals surface area contributed by atoms with Crippen LogP contribution in [0.1, 0.15) is 50.0 Å². The molecule has 0 aliphatic heterocycles. The van der Waals surface area contributed by atoms with Crippen LogP contribution in [0.3, 0.4) is 0 Å². The van der Waals surface area contributed by atoms with Crippen LogP contribution in [0.5, 0.6) is 0 Å². The van der Waals surface area contributed by atoms with E-state index in [1.54, 1.807) is 55.5 Å². The molecule has 0 saturated heterocycles. The van der Waals surface area contributed by atoms with Gasteiger partial charge in [-0.3, -0.25) is 13.9 Å². The van der Waals surface area contributed by atoms with E-state index in [1.807, 2.05) is 27.7 Å². The zero-order chi connectivity index (χ0) is 23.4. The highest BCUT2D eigenvalue weighted by Gasteiger charge is 2.32. The second-order valence-electron chi connectivity index (χ2n) is 8.56. The summed E-state index contributed by atoms with van der Waals surface area (Å²) < 4.78 is 26.3. The second-order valence-corrected chi connectivity index (χ2v) is 10.4. The Bertz CT molecular complexity index is 1040. The van der Waals surface area contributed by atoms with E-state index in [9.17, 15) is 18.0 Å². The van der Waals surface area contributed by atoms with Crippen molar-refractivity contribution in [3.05, 3.63) is 59.7 Å². The molecular formula is C23H31N3O4S. The molecule has 2 rings (SSSR count). The van der Waals surface area contributed by atoms with Crippen molar-refractivity contribution < 1.29 is 18.0 Å². The van der Waals surface area contributed by atoms with Crippen LogP contribution in [0.25, 0.3) is 0 Å². The van der Waals surface area contributed by atoms with E-state index >= 15 is 0 Å². The second kappa shape index (κ2) is 9.51. The summed E-state index contributed by atoms with van der Waals surface area (Å²) in [5, 5.41) is 5.63. The number of hydrogen-bond donors (Lipinski definition) is 2. The fourth-order valence-corrected chi connectivity index (χ4v) is 4.38. The minimum atomic E-state index is -3.74. The Morgan fingerprint density at radius 1 is 1.03 bits per heavy atom. The molecular weight excluding hydrogens is 414 g/mol. The summed E-state index contributed by atoms with van der Waals surface area (Å²) in [5.41, 5.74) is 1.58. The Hall–Kier alpha value is -2.87. The number of aryl methyl sites for hydroxylation is 1. The number of carbonyl (C=O) groups excluding carboxylic acids is 2. The molecule has 7 nitrogen and oxygen atoms in total. The fraction of sp³-hybridized carbons (Fsp3) is 0.391. The largest absolute Gasteiger partial charge is 0.347 e. The third-order valence-corrected chi connectivity index (χ3v) is 5.72. The van der Waals surface area contributed by atoms with E-state index in [4.69, 9.17) is 0 Å². The van der Waals surface area contributed by atoms with Gasteiger partial charge < -0.3 is 10.6 Å². The van der Waals surface area contributed by atoms with Gasteiger partial charge in [-0.25, -0.2) is 8.42 Å². The van der Waals surface area contributed by atoms with Gasteiger partial charge >= 0.3 is 0 Å². The van der Waals surface area contributed by atoms with Crippen LogP contribution in [-0.2, 0) is 14.8 Å². The summed E-state index contributed by atoms with van der Waals surface area (Å²) in [5.74, 6) is -0.834. The molecule has 0 radical (unpaired) electrons. The van der Waals surface area contributed by atoms with Gasteiger partial charge in [-0.1, -0.05) is 36.8 Å². The lowest BCUT2D eigenvalue weighted by Crippen LogP contribution is -2.47. The number of para-hydroxylation sites is 1. The third kappa shape index (κ3) is 6.55. The van der Waals surface area contributed by atoms with E-state index < -0.39 is 27.5 Å². The maximum atomic E-state index is 13.2. The minimum Gasteiger partial charge on any atom is -0.347 e. The van der Waals surface area contributed by atoms with Gasteiger partial charge in [0.15, 0.2) is 0 Å². The van der Waals surface area contributed by atoms with Gasteiger partial charge in [-0.2, -0.15) is 0 Å². The molecule has 2 aromatic carbocycles. The molecule has 8 heteroatoms. The summed E-state index contributed by atoms with van der Waals surface area (Å²) >= 11 is 0. The predicted octanol–water partition coefficient (Wildman–Crippen LogP) is 3.71. The molecule has 0 unspecified atom stereocenters. The number of nitrogens with zero attached hydrogens (tertiary/aromatic N) is 1. The van der Waals surface area contributed by atoms with Crippen LogP contribution < -0.4 is 14.9 Å². The first-order valence-corrected chi connectivity index (χ1v) is 12.0. The van der Waals surface area contributed by atoms with E-state index in [0.717, 1.165) is 16.1 Å².